The molecule has 0 atom stereocenters. The van der Waals surface area contributed by atoms with E-state index in [2.05, 4.69) is 10.0 Å². The number of anilines is 3. The molecule has 8 nitrogen and oxygen atoms in total. The lowest BCUT2D eigenvalue weighted by Crippen LogP contribution is -2.31. The monoisotopic (exact) mass is 603 g/mol. The van der Waals surface area contributed by atoms with E-state index in [1.807, 2.05) is 13.0 Å². The van der Waals surface area contributed by atoms with E-state index >= 15 is 0 Å². The number of hydrogen-bond acceptors (Lipinski definition) is 5. The third-order valence-electron chi connectivity index (χ3n) is 5.43. The summed E-state index contributed by atoms with van der Waals surface area (Å²) < 4.78 is 92.2. The smallest absolute Gasteiger partial charge is 0.326 e. The van der Waals surface area contributed by atoms with Gasteiger partial charge in [0.05, 0.1) is 27.4 Å². The van der Waals surface area contributed by atoms with Crippen LogP contribution in [-0.4, -0.2) is 35.5 Å². The van der Waals surface area contributed by atoms with E-state index in [1.165, 1.54) is 28.6 Å². The summed E-state index contributed by atoms with van der Waals surface area (Å²) in [5, 5.41) is 2.04. The predicted octanol–water partition coefficient (Wildman–Crippen LogP) is 5.65. The molecule has 0 radical (unpaired) electrons. The van der Waals surface area contributed by atoms with Gasteiger partial charge in [0.2, 0.25) is 15.9 Å². The summed E-state index contributed by atoms with van der Waals surface area (Å²) in [6.07, 6.45) is -3.45. The summed E-state index contributed by atoms with van der Waals surface area (Å²) >= 11 is 5.57. The van der Waals surface area contributed by atoms with E-state index in [0.29, 0.717) is 11.8 Å². The quantitative estimate of drug-likeness (QED) is 0.311. The van der Waals surface area contributed by atoms with Crippen molar-refractivity contribution in [3.63, 3.8) is 0 Å². The van der Waals surface area contributed by atoms with Crippen molar-refractivity contribution >= 4 is 54.6 Å². The van der Waals surface area contributed by atoms with E-state index in [1.54, 1.807) is 18.2 Å². The molecule has 14 heteroatoms. The minimum atomic E-state index is -4.76. The highest BCUT2D eigenvalue weighted by molar-refractivity contribution is 7.92. The molecule has 0 fully saturated rings. The number of rotatable bonds is 10. The standard InChI is InChI=1S/C25H25ClF3N3O5S2/c1-17-5-3-6-20(15-17)32(38(2,34)35)14-4-7-24(33)30-18-8-11-21(12-9-18)39(36,37)31-19-10-13-23(26)22(16-19)25(27,28)29/h3,5-6,8-13,15-16,31H,4,7,14H2,1-2H3,(H,30,33). The Bertz CT molecular complexity index is 1560. The molecule has 3 aromatic rings. The number of hydrogen-bond donors (Lipinski definition) is 2. The maximum absolute atomic E-state index is 13.1. The molecule has 0 bridgehead atoms. The molecule has 3 rings (SSSR count). The molecule has 0 aliphatic carbocycles. The maximum atomic E-state index is 13.1. The van der Waals surface area contributed by atoms with Crippen LogP contribution in [0.2, 0.25) is 5.02 Å². The first-order chi connectivity index (χ1) is 18.1. The van der Waals surface area contributed by atoms with Gasteiger partial charge in [-0.1, -0.05) is 23.7 Å². The Balaban J connectivity index is 1.61. The van der Waals surface area contributed by atoms with Crippen LogP contribution in [0.4, 0.5) is 30.2 Å². The van der Waals surface area contributed by atoms with Gasteiger partial charge < -0.3 is 5.32 Å². The second kappa shape index (κ2) is 11.8. The molecule has 210 valence electrons. The number of nitrogens with one attached hydrogen (secondary N) is 2. The van der Waals surface area contributed by atoms with Crippen LogP contribution in [0.25, 0.3) is 0 Å². The minimum absolute atomic E-state index is 0.00243. The van der Waals surface area contributed by atoms with Gasteiger partial charge >= 0.3 is 6.18 Å². The van der Waals surface area contributed by atoms with Gasteiger partial charge in [0.1, 0.15) is 0 Å². The average molecular weight is 604 g/mol. The Labute approximate surface area is 229 Å². The molecule has 0 aliphatic rings. The van der Waals surface area contributed by atoms with Crippen molar-refractivity contribution in [1.82, 2.24) is 0 Å². The Morgan fingerprint density at radius 2 is 1.59 bits per heavy atom. The zero-order chi connectivity index (χ0) is 29.0. The summed E-state index contributed by atoms with van der Waals surface area (Å²) in [5.41, 5.74) is 0.164. The number of carbonyl (C=O) groups is 1. The molecule has 0 aromatic heterocycles. The number of halogens is 4. The molecule has 3 aromatic carbocycles. The largest absolute Gasteiger partial charge is 0.417 e. The van der Waals surface area contributed by atoms with Crippen molar-refractivity contribution in [3.8, 4) is 0 Å². The predicted molar refractivity (Wildman–Crippen MR) is 145 cm³/mol. The average Bonchev–Trinajstić information content (AvgIpc) is 2.82. The first kappa shape index (κ1) is 30.3. The van der Waals surface area contributed by atoms with Crippen LogP contribution in [0.15, 0.2) is 71.6 Å². The van der Waals surface area contributed by atoms with Crippen LogP contribution in [-0.2, 0) is 31.0 Å². The van der Waals surface area contributed by atoms with Gasteiger partial charge in [0.25, 0.3) is 10.0 Å². The van der Waals surface area contributed by atoms with Crippen molar-refractivity contribution in [2.45, 2.75) is 30.8 Å². The molecule has 0 saturated carbocycles. The summed E-state index contributed by atoms with van der Waals surface area (Å²) in [4.78, 5) is 12.1. The molecule has 2 N–H and O–H groups in total. The van der Waals surface area contributed by atoms with Crippen molar-refractivity contribution in [1.29, 1.82) is 0 Å². The molecule has 0 aliphatic heterocycles. The van der Waals surface area contributed by atoms with Crippen LogP contribution in [0.3, 0.4) is 0 Å². The molecule has 0 unspecified atom stereocenters. The molecule has 0 saturated heterocycles. The fourth-order valence-corrected chi connectivity index (χ4v) is 5.85. The zero-order valence-corrected chi connectivity index (χ0v) is 23.2. The zero-order valence-electron chi connectivity index (χ0n) is 20.8. The summed E-state index contributed by atoms with van der Waals surface area (Å²) in [5.74, 6) is -0.415. The van der Waals surface area contributed by atoms with Gasteiger partial charge in [-0.2, -0.15) is 13.2 Å². The highest BCUT2D eigenvalue weighted by Gasteiger charge is 2.33. The number of sulfonamides is 2. The van der Waals surface area contributed by atoms with E-state index in [-0.39, 0.29) is 35.7 Å². The van der Waals surface area contributed by atoms with Crippen LogP contribution in [0, 0.1) is 6.92 Å². The Morgan fingerprint density at radius 1 is 0.949 bits per heavy atom. The molecule has 0 heterocycles. The lowest BCUT2D eigenvalue weighted by molar-refractivity contribution is -0.137. The van der Waals surface area contributed by atoms with Gasteiger partial charge in [-0.3, -0.25) is 13.8 Å². The Kier molecular flexibility index (Phi) is 9.19. The lowest BCUT2D eigenvalue weighted by Gasteiger charge is -2.22. The number of nitrogens with zero attached hydrogens (tertiary/aromatic N) is 1. The van der Waals surface area contributed by atoms with Gasteiger partial charge in [-0.25, -0.2) is 16.8 Å². The van der Waals surface area contributed by atoms with Crippen molar-refractivity contribution in [2.75, 3.05) is 27.1 Å². The highest BCUT2D eigenvalue weighted by atomic mass is 35.5. The summed E-state index contributed by atoms with van der Waals surface area (Å²) in [6.45, 7) is 1.92. The maximum Gasteiger partial charge on any atom is 0.417 e. The number of benzene rings is 3. The summed E-state index contributed by atoms with van der Waals surface area (Å²) in [7, 11) is -7.80. The van der Waals surface area contributed by atoms with Crippen LogP contribution in [0.1, 0.15) is 24.0 Å². The molecule has 0 spiro atoms. The van der Waals surface area contributed by atoms with Crippen molar-refractivity contribution in [2.24, 2.45) is 0 Å². The van der Waals surface area contributed by atoms with E-state index in [0.717, 1.165) is 24.0 Å². The van der Waals surface area contributed by atoms with Gasteiger partial charge in [0.15, 0.2) is 0 Å². The lowest BCUT2D eigenvalue weighted by atomic mass is 10.2. The third-order valence-corrected chi connectivity index (χ3v) is 8.35. The van der Waals surface area contributed by atoms with Gasteiger partial charge in [0, 0.05) is 24.3 Å². The third kappa shape index (κ3) is 8.35. The Hall–Kier alpha value is -3.29. The van der Waals surface area contributed by atoms with Crippen molar-refractivity contribution in [3.05, 3.63) is 82.9 Å². The van der Waals surface area contributed by atoms with Crippen molar-refractivity contribution < 1.29 is 34.8 Å². The van der Waals surface area contributed by atoms with Crippen LogP contribution < -0.4 is 14.3 Å². The minimum Gasteiger partial charge on any atom is -0.326 e. The van der Waals surface area contributed by atoms with E-state index in [9.17, 15) is 34.8 Å². The number of aryl methyl sites for hydroxylation is 1. The number of carbonyl (C=O) groups excluding carboxylic acids is 1. The normalized spacial score (nSPS) is 12.2. The van der Waals surface area contributed by atoms with E-state index < -0.39 is 42.7 Å². The number of alkyl halides is 3. The second-order valence-electron chi connectivity index (χ2n) is 8.65. The summed E-state index contributed by atoms with van der Waals surface area (Å²) in [6, 6.07) is 14.6. The van der Waals surface area contributed by atoms with Gasteiger partial charge in [-0.05, 0) is 73.5 Å². The Morgan fingerprint density at radius 3 is 2.18 bits per heavy atom. The highest BCUT2D eigenvalue weighted by Crippen LogP contribution is 2.36. The number of amides is 1. The second-order valence-corrected chi connectivity index (χ2v) is 12.6. The fraction of sp³-hybridized carbons (Fsp3) is 0.240. The molecule has 39 heavy (non-hydrogen) atoms. The fourth-order valence-electron chi connectivity index (χ4n) is 3.61. The first-order valence-electron chi connectivity index (χ1n) is 11.4. The van der Waals surface area contributed by atoms with E-state index in [4.69, 9.17) is 11.6 Å². The molecular weight excluding hydrogens is 579 g/mol. The SMILES string of the molecule is Cc1cccc(N(CCCC(=O)Nc2ccc(S(=O)(=O)Nc3ccc(Cl)c(C(F)(F)F)c3)cc2)S(C)(=O)=O)c1. The van der Waals surface area contributed by atoms with Crippen LogP contribution >= 0.6 is 11.6 Å². The first-order valence-corrected chi connectivity index (χ1v) is 15.1. The van der Waals surface area contributed by atoms with Crippen LogP contribution in [0.5, 0.6) is 0 Å². The molecule has 1 amide bonds. The van der Waals surface area contributed by atoms with Gasteiger partial charge in [-0.15, -0.1) is 0 Å². The topological polar surface area (TPSA) is 113 Å². The molecular formula is C25H25ClF3N3O5S2.